The summed E-state index contributed by atoms with van der Waals surface area (Å²) in [4.78, 5) is 34.7. The average molecular weight is 295 g/mol. The molecule has 0 spiro atoms. The van der Waals surface area contributed by atoms with Crippen LogP contribution in [0.2, 0.25) is 0 Å². The van der Waals surface area contributed by atoms with Crippen LogP contribution in [0, 0.1) is 11.7 Å². The summed E-state index contributed by atoms with van der Waals surface area (Å²) in [6.07, 6.45) is 0. The Morgan fingerprint density at radius 3 is 2.10 bits per heavy atom. The first-order valence-corrected chi connectivity index (χ1v) is 6.44. The second-order valence-corrected chi connectivity index (χ2v) is 4.87. The van der Waals surface area contributed by atoms with E-state index in [2.05, 4.69) is 16.2 Å². The second kappa shape index (κ2) is 7.37. The van der Waals surface area contributed by atoms with Crippen molar-refractivity contribution in [2.24, 2.45) is 5.92 Å². The van der Waals surface area contributed by atoms with E-state index in [1.54, 1.807) is 13.8 Å². The molecular weight excluding hydrogens is 277 g/mol. The predicted octanol–water partition coefficient (Wildman–Crippen LogP) is 0.747. The van der Waals surface area contributed by atoms with Gasteiger partial charge in [-0.25, -0.2) is 4.39 Å². The Morgan fingerprint density at radius 2 is 1.62 bits per heavy atom. The first-order chi connectivity index (χ1) is 9.81. The quantitative estimate of drug-likeness (QED) is 0.716. The second-order valence-electron chi connectivity index (χ2n) is 4.87. The molecule has 7 heteroatoms. The minimum Gasteiger partial charge on any atom is -0.344 e. The van der Waals surface area contributed by atoms with Gasteiger partial charge in [-0.3, -0.25) is 25.2 Å². The van der Waals surface area contributed by atoms with Crippen LogP contribution < -0.4 is 16.2 Å². The molecule has 0 aliphatic heterocycles. The van der Waals surface area contributed by atoms with E-state index in [0.29, 0.717) is 0 Å². The Kier molecular flexibility index (Phi) is 5.83. The molecule has 0 bridgehead atoms. The number of benzene rings is 1. The van der Waals surface area contributed by atoms with Gasteiger partial charge in [-0.05, 0) is 30.2 Å². The first-order valence-electron chi connectivity index (χ1n) is 6.44. The average Bonchev–Trinajstić information content (AvgIpc) is 2.42. The van der Waals surface area contributed by atoms with E-state index >= 15 is 0 Å². The fourth-order valence-corrected chi connectivity index (χ4v) is 1.62. The third-order valence-corrected chi connectivity index (χ3v) is 2.71. The summed E-state index contributed by atoms with van der Waals surface area (Å²) in [6.45, 7) is 4.84. The standard InChI is InChI=1S/C14H18FN3O3/c1-8(2)12(16-9(3)19)14(21)18-17-13(20)10-4-6-11(15)7-5-10/h4-8,12H,1-3H3,(H,16,19)(H,17,20)(H,18,21). The molecule has 0 saturated carbocycles. The number of halogens is 1. The van der Waals surface area contributed by atoms with Gasteiger partial charge in [0, 0.05) is 12.5 Å². The van der Waals surface area contributed by atoms with E-state index < -0.39 is 23.7 Å². The zero-order valence-electron chi connectivity index (χ0n) is 12.1. The van der Waals surface area contributed by atoms with Crippen LogP contribution >= 0.6 is 0 Å². The fourth-order valence-electron chi connectivity index (χ4n) is 1.62. The Labute approximate surface area is 122 Å². The molecule has 1 aromatic rings. The van der Waals surface area contributed by atoms with Crippen molar-refractivity contribution >= 4 is 17.7 Å². The van der Waals surface area contributed by atoms with Crippen molar-refractivity contribution < 1.29 is 18.8 Å². The van der Waals surface area contributed by atoms with E-state index in [1.807, 2.05) is 0 Å². The Bertz CT molecular complexity index is 529. The fraction of sp³-hybridized carbons (Fsp3) is 0.357. The van der Waals surface area contributed by atoms with Gasteiger partial charge in [-0.1, -0.05) is 13.8 Å². The molecule has 0 aromatic heterocycles. The molecule has 6 nitrogen and oxygen atoms in total. The highest BCUT2D eigenvalue weighted by atomic mass is 19.1. The zero-order chi connectivity index (χ0) is 16.0. The van der Waals surface area contributed by atoms with Gasteiger partial charge in [0.05, 0.1) is 0 Å². The number of carbonyl (C=O) groups is 3. The number of nitrogens with one attached hydrogen (secondary N) is 3. The summed E-state index contributed by atoms with van der Waals surface area (Å²) in [5.41, 5.74) is 4.66. The van der Waals surface area contributed by atoms with Crippen LogP contribution in [0.15, 0.2) is 24.3 Å². The molecule has 0 aliphatic carbocycles. The number of hydrazine groups is 1. The van der Waals surface area contributed by atoms with Gasteiger partial charge >= 0.3 is 0 Å². The van der Waals surface area contributed by atoms with Crippen molar-refractivity contribution in [3.63, 3.8) is 0 Å². The smallest absolute Gasteiger partial charge is 0.269 e. The third kappa shape index (κ3) is 5.21. The summed E-state index contributed by atoms with van der Waals surface area (Å²) in [7, 11) is 0. The lowest BCUT2D eigenvalue weighted by Gasteiger charge is -2.21. The van der Waals surface area contributed by atoms with Crippen LogP contribution in [0.25, 0.3) is 0 Å². The molecule has 0 saturated heterocycles. The number of rotatable bonds is 4. The summed E-state index contributed by atoms with van der Waals surface area (Å²) in [5, 5.41) is 2.50. The largest absolute Gasteiger partial charge is 0.344 e. The van der Waals surface area contributed by atoms with Crippen LogP contribution in [0.5, 0.6) is 0 Å². The van der Waals surface area contributed by atoms with Gasteiger partial charge < -0.3 is 5.32 Å². The van der Waals surface area contributed by atoms with Crippen LogP contribution in [0.4, 0.5) is 4.39 Å². The molecule has 0 fully saturated rings. The highest BCUT2D eigenvalue weighted by molar-refractivity contribution is 5.96. The highest BCUT2D eigenvalue weighted by Gasteiger charge is 2.23. The topological polar surface area (TPSA) is 87.3 Å². The van der Waals surface area contributed by atoms with Crippen LogP contribution in [0.1, 0.15) is 31.1 Å². The van der Waals surface area contributed by atoms with Crippen molar-refractivity contribution in [1.82, 2.24) is 16.2 Å². The van der Waals surface area contributed by atoms with Gasteiger partial charge in [0.25, 0.3) is 11.8 Å². The summed E-state index contributed by atoms with van der Waals surface area (Å²) in [5.74, 6) is -2.05. The maximum absolute atomic E-state index is 12.7. The van der Waals surface area contributed by atoms with Crippen LogP contribution in [-0.4, -0.2) is 23.8 Å². The SMILES string of the molecule is CC(=O)NC(C(=O)NNC(=O)c1ccc(F)cc1)C(C)C. The van der Waals surface area contributed by atoms with Crippen molar-refractivity contribution in [3.05, 3.63) is 35.6 Å². The molecule has 0 radical (unpaired) electrons. The Balaban J connectivity index is 2.60. The molecule has 3 N–H and O–H groups in total. The Morgan fingerprint density at radius 1 is 1.05 bits per heavy atom. The minimum atomic E-state index is -0.754. The normalized spacial score (nSPS) is 11.7. The van der Waals surface area contributed by atoms with Crippen molar-refractivity contribution in [2.75, 3.05) is 0 Å². The van der Waals surface area contributed by atoms with Crippen molar-refractivity contribution in [2.45, 2.75) is 26.8 Å². The van der Waals surface area contributed by atoms with Gasteiger partial charge in [-0.2, -0.15) is 0 Å². The first kappa shape index (κ1) is 16.6. The zero-order valence-corrected chi connectivity index (χ0v) is 12.1. The molecule has 1 atom stereocenters. The summed E-state index contributed by atoms with van der Waals surface area (Å²) < 4.78 is 12.7. The van der Waals surface area contributed by atoms with Gasteiger partial charge in [0.15, 0.2) is 0 Å². The van der Waals surface area contributed by atoms with Gasteiger partial charge in [-0.15, -0.1) is 0 Å². The number of hydrogen-bond acceptors (Lipinski definition) is 3. The van der Waals surface area contributed by atoms with E-state index in [4.69, 9.17) is 0 Å². The number of amides is 3. The van der Waals surface area contributed by atoms with Crippen LogP contribution in [-0.2, 0) is 9.59 Å². The molecule has 21 heavy (non-hydrogen) atoms. The molecule has 3 amide bonds. The van der Waals surface area contributed by atoms with E-state index in [-0.39, 0.29) is 17.4 Å². The lowest BCUT2D eigenvalue weighted by Crippen LogP contribution is -2.54. The maximum Gasteiger partial charge on any atom is 0.269 e. The van der Waals surface area contributed by atoms with Crippen LogP contribution in [0.3, 0.4) is 0 Å². The van der Waals surface area contributed by atoms with Gasteiger partial charge in [0.2, 0.25) is 5.91 Å². The van der Waals surface area contributed by atoms with Crippen molar-refractivity contribution in [1.29, 1.82) is 0 Å². The van der Waals surface area contributed by atoms with E-state index in [9.17, 15) is 18.8 Å². The summed E-state index contributed by atoms with van der Waals surface area (Å²) >= 11 is 0. The lowest BCUT2D eigenvalue weighted by molar-refractivity contribution is -0.129. The third-order valence-electron chi connectivity index (χ3n) is 2.71. The molecule has 1 rings (SSSR count). The maximum atomic E-state index is 12.7. The molecule has 0 aliphatic rings. The van der Waals surface area contributed by atoms with E-state index in [0.717, 1.165) is 12.1 Å². The molecular formula is C14H18FN3O3. The van der Waals surface area contributed by atoms with E-state index in [1.165, 1.54) is 19.1 Å². The molecule has 1 aromatic carbocycles. The molecule has 1 unspecified atom stereocenters. The Hall–Kier alpha value is -2.44. The number of carbonyl (C=O) groups excluding carboxylic acids is 3. The molecule has 114 valence electrons. The van der Waals surface area contributed by atoms with Gasteiger partial charge in [0.1, 0.15) is 11.9 Å². The lowest BCUT2D eigenvalue weighted by atomic mass is 10.0. The highest BCUT2D eigenvalue weighted by Crippen LogP contribution is 2.03. The summed E-state index contributed by atoms with van der Waals surface area (Å²) in [6, 6.07) is 4.13. The van der Waals surface area contributed by atoms with Crippen molar-refractivity contribution in [3.8, 4) is 0 Å². The predicted molar refractivity (Wildman–Crippen MR) is 74.5 cm³/mol. The monoisotopic (exact) mass is 295 g/mol. The number of hydrogen-bond donors (Lipinski definition) is 3. The molecule has 0 heterocycles. The minimum absolute atomic E-state index is 0.142.